The summed E-state index contributed by atoms with van der Waals surface area (Å²) in [5.74, 6) is 1.03. The molecular formula is C12H16OS. The number of carbonyl (C=O) groups is 1. The van der Waals surface area contributed by atoms with Gasteiger partial charge in [-0.25, -0.2) is 0 Å². The number of benzene rings is 1. The van der Waals surface area contributed by atoms with Gasteiger partial charge in [0.1, 0.15) is 6.29 Å². The molecule has 0 bridgehead atoms. The molecule has 0 amide bonds. The van der Waals surface area contributed by atoms with Crippen LogP contribution in [0.15, 0.2) is 29.2 Å². The van der Waals surface area contributed by atoms with E-state index in [1.165, 1.54) is 4.90 Å². The Morgan fingerprint density at radius 2 is 2.00 bits per heavy atom. The summed E-state index contributed by atoms with van der Waals surface area (Å²) in [6, 6.07) is 8.11. The third kappa shape index (κ3) is 2.38. The zero-order valence-electron chi connectivity index (χ0n) is 8.91. The Balaban J connectivity index is 3.12. The second-order valence-electron chi connectivity index (χ2n) is 3.77. The summed E-state index contributed by atoms with van der Waals surface area (Å²) in [6.07, 6.45) is 1.02. The van der Waals surface area contributed by atoms with Crippen LogP contribution in [0.4, 0.5) is 0 Å². The van der Waals surface area contributed by atoms with E-state index in [0.717, 1.165) is 17.6 Å². The Hall–Kier alpha value is -0.760. The maximum Gasteiger partial charge on any atom is 0.130 e. The van der Waals surface area contributed by atoms with Crippen LogP contribution in [0.5, 0.6) is 0 Å². The van der Waals surface area contributed by atoms with Crippen molar-refractivity contribution in [2.45, 2.75) is 31.1 Å². The molecule has 0 saturated carbocycles. The van der Waals surface area contributed by atoms with Crippen molar-refractivity contribution in [2.75, 3.05) is 5.75 Å². The second kappa shape index (κ2) is 4.65. The molecule has 1 aromatic rings. The lowest BCUT2D eigenvalue weighted by Crippen LogP contribution is -2.19. The quantitative estimate of drug-likeness (QED) is 0.558. The second-order valence-corrected chi connectivity index (χ2v) is 5.07. The largest absolute Gasteiger partial charge is 0.302 e. The van der Waals surface area contributed by atoms with Crippen LogP contribution in [0.25, 0.3) is 0 Å². The van der Waals surface area contributed by atoms with E-state index < -0.39 is 0 Å². The fraction of sp³-hybridized carbons (Fsp3) is 0.417. The zero-order chi connectivity index (χ0) is 10.6. The highest BCUT2D eigenvalue weighted by Crippen LogP contribution is 2.31. The molecular weight excluding hydrogens is 192 g/mol. The average molecular weight is 208 g/mol. The molecule has 0 aliphatic rings. The van der Waals surface area contributed by atoms with Gasteiger partial charge in [0.15, 0.2) is 0 Å². The summed E-state index contributed by atoms with van der Waals surface area (Å²) >= 11 is 1.79. The fourth-order valence-corrected chi connectivity index (χ4v) is 2.32. The molecule has 0 saturated heterocycles. The Morgan fingerprint density at radius 1 is 1.36 bits per heavy atom. The minimum atomic E-state index is -0.376. The van der Waals surface area contributed by atoms with Gasteiger partial charge in [-0.2, -0.15) is 0 Å². The highest BCUT2D eigenvalue weighted by Gasteiger charge is 2.22. The van der Waals surface area contributed by atoms with Crippen molar-refractivity contribution in [3.63, 3.8) is 0 Å². The van der Waals surface area contributed by atoms with Crippen LogP contribution in [0.1, 0.15) is 26.3 Å². The van der Waals surface area contributed by atoms with Gasteiger partial charge in [-0.15, -0.1) is 11.8 Å². The molecule has 0 N–H and O–H groups in total. The van der Waals surface area contributed by atoms with Crippen molar-refractivity contribution in [3.8, 4) is 0 Å². The number of aldehydes is 1. The molecule has 2 heteroatoms. The van der Waals surface area contributed by atoms with E-state index in [2.05, 4.69) is 13.0 Å². The Labute approximate surface area is 89.9 Å². The van der Waals surface area contributed by atoms with Gasteiger partial charge in [-0.05, 0) is 31.2 Å². The van der Waals surface area contributed by atoms with Crippen molar-refractivity contribution in [1.29, 1.82) is 0 Å². The molecule has 14 heavy (non-hydrogen) atoms. The third-order valence-corrected chi connectivity index (χ3v) is 3.13. The van der Waals surface area contributed by atoms with E-state index in [-0.39, 0.29) is 5.41 Å². The lowest BCUT2D eigenvalue weighted by atomic mass is 9.86. The van der Waals surface area contributed by atoms with Crippen LogP contribution in [-0.4, -0.2) is 12.0 Å². The van der Waals surface area contributed by atoms with Crippen molar-refractivity contribution < 1.29 is 4.79 Å². The van der Waals surface area contributed by atoms with Gasteiger partial charge >= 0.3 is 0 Å². The summed E-state index contributed by atoms with van der Waals surface area (Å²) in [7, 11) is 0. The molecule has 76 valence electrons. The zero-order valence-corrected chi connectivity index (χ0v) is 9.73. The van der Waals surface area contributed by atoms with Gasteiger partial charge in [0, 0.05) is 10.3 Å². The molecule has 0 radical (unpaired) electrons. The van der Waals surface area contributed by atoms with Crippen molar-refractivity contribution in [3.05, 3.63) is 29.8 Å². The van der Waals surface area contributed by atoms with E-state index in [1.807, 2.05) is 32.0 Å². The van der Waals surface area contributed by atoms with Crippen LogP contribution in [0, 0.1) is 0 Å². The molecule has 0 atom stereocenters. The summed E-state index contributed by atoms with van der Waals surface area (Å²) in [5, 5.41) is 0. The predicted octanol–water partition coefficient (Wildman–Crippen LogP) is 3.28. The Kier molecular flexibility index (Phi) is 3.76. The normalized spacial score (nSPS) is 11.4. The molecule has 0 aromatic heterocycles. The standard InChI is InChI=1S/C12H16OS/c1-4-14-11-8-6-5-7-10(11)12(2,3)9-13/h5-9H,4H2,1-3H3. The smallest absolute Gasteiger partial charge is 0.130 e. The van der Waals surface area contributed by atoms with Gasteiger partial charge < -0.3 is 4.79 Å². The van der Waals surface area contributed by atoms with Gasteiger partial charge in [-0.1, -0.05) is 25.1 Å². The molecule has 0 spiro atoms. The first-order chi connectivity index (χ1) is 6.61. The molecule has 0 aliphatic heterocycles. The number of thioether (sulfide) groups is 1. The van der Waals surface area contributed by atoms with Gasteiger partial charge in [0.2, 0.25) is 0 Å². The van der Waals surface area contributed by atoms with Crippen LogP contribution in [0.3, 0.4) is 0 Å². The lowest BCUT2D eigenvalue weighted by molar-refractivity contribution is -0.111. The van der Waals surface area contributed by atoms with E-state index in [9.17, 15) is 4.79 Å². The van der Waals surface area contributed by atoms with Gasteiger partial charge in [0.05, 0.1) is 0 Å². The van der Waals surface area contributed by atoms with Crippen molar-refractivity contribution in [1.82, 2.24) is 0 Å². The van der Waals surface area contributed by atoms with E-state index in [1.54, 1.807) is 11.8 Å². The average Bonchev–Trinajstić information content (AvgIpc) is 2.19. The summed E-state index contributed by atoms with van der Waals surface area (Å²) in [4.78, 5) is 12.2. The predicted molar refractivity (Wildman–Crippen MR) is 61.9 cm³/mol. The van der Waals surface area contributed by atoms with Crippen molar-refractivity contribution in [2.24, 2.45) is 0 Å². The van der Waals surface area contributed by atoms with Gasteiger partial charge in [-0.3, -0.25) is 0 Å². The Bertz CT molecular complexity index is 318. The minimum absolute atomic E-state index is 0.376. The maximum atomic E-state index is 11.0. The highest BCUT2D eigenvalue weighted by molar-refractivity contribution is 7.99. The topological polar surface area (TPSA) is 17.1 Å². The van der Waals surface area contributed by atoms with Crippen molar-refractivity contribution >= 4 is 18.0 Å². The Morgan fingerprint density at radius 3 is 2.57 bits per heavy atom. The maximum absolute atomic E-state index is 11.0. The molecule has 1 rings (SSSR count). The van der Waals surface area contributed by atoms with Gasteiger partial charge in [0.25, 0.3) is 0 Å². The lowest BCUT2D eigenvalue weighted by Gasteiger charge is -2.20. The van der Waals surface area contributed by atoms with Crippen LogP contribution >= 0.6 is 11.8 Å². The molecule has 1 aromatic carbocycles. The number of carbonyl (C=O) groups excluding carboxylic acids is 1. The van der Waals surface area contributed by atoms with E-state index >= 15 is 0 Å². The summed E-state index contributed by atoms with van der Waals surface area (Å²) in [6.45, 7) is 6.03. The first-order valence-electron chi connectivity index (χ1n) is 4.80. The molecule has 1 nitrogen and oxygen atoms in total. The first kappa shape index (κ1) is 11.3. The minimum Gasteiger partial charge on any atom is -0.302 e. The monoisotopic (exact) mass is 208 g/mol. The number of hydrogen-bond donors (Lipinski definition) is 0. The van der Waals surface area contributed by atoms with Crippen LogP contribution < -0.4 is 0 Å². The molecule has 0 fully saturated rings. The fourth-order valence-electron chi connectivity index (χ4n) is 1.34. The third-order valence-electron chi connectivity index (χ3n) is 2.18. The van der Waals surface area contributed by atoms with E-state index in [0.29, 0.717) is 0 Å². The SMILES string of the molecule is CCSc1ccccc1C(C)(C)C=O. The van der Waals surface area contributed by atoms with Crippen LogP contribution in [-0.2, 0) is 10.2 Å². The summed E-state index contributed by atoms with van der Waals surface area (Å²) in [5.41, 5.74) is 0.750. The molecule has 0 unspecified atom stereocenters. The van der Waals surface area contributed by atoms with E-state index in [4.69, 9.17) is 0 Å². The van der Waals surface area contributed by atoms with Crippen LogP contribution in [0.2, 0.25) is 0 Å². The number of hydrogen-bond acceptors (Lipinski definition) is 2. The number of rotatable bonds is 4. The first-order valence-corrected chi connectivity index (χ1v) is 5.79. The molecule has 0 heterocycles. The highest BCUT2D eigenvalue weighted by atomic mass is 32.2. The molecule has 0 aliphatic carbocycles. The summed E-state index contributed by atoms with van der Waals surface area (Å²) < 4.78 is 0.